The molecule has 0 unspecified atom stereocenters. The van der Waals surface area contributed by atoms with Crippen molar-refractivity contribution >= 4 is 52.2 Å². The second kappa shape index (κ2) is 12.0. The molecule has 0 aliphatic carbocycles. The van der Waals surface area contributed by atoms with E-state index in [2.05, 4.69) is 20.5 Å². The van der Waals surface area contributed by atoms with E-state index in [1.54, 1.807) is 37.0 Å². The molecule has 5 rings (SSSR count). The van der Waals surface area contributed by atoms with Gasteiger partial charge >= 0.3 is 0 Å². The molecule has 38 heavy (non-hydrogen) atoms. The quantitative estimate of drug-likeness (QED) is 0.185. The number of benzene rings is 2. The summed E-state index contributed by atoms with van der Waals surface area (Å²) in [6.07, 6.45) is 2.18. The Morgan fingerprint density at radius 2 is 2.03 bits per heavy atom. The van der Waals surface area contributed by atoms with Gasteiger partial charge in [-0.05, 0) is 48.4 Å². The van der Waals surface area contributed by atoms with Gasteiger partial charge < -0.3 is 14.5 Å². The predicted molar refractivity (Wildman–Crippen MR) is 150 cm³/mol. The summed E-state index contributed by atoms with van der Waals surface area (Å²) in [5.74, 6) is 2.09. The Morgan fingerprint density at radius 1 is 1.16 bits per heavy atom. The van der Waals surface area contributed by atoms with Gasteiger partial charge in [0.2, 0.25) is 5.82 Å². The number of halogens is 2. The van der Waals surface area contributed by atoms with Gasteiger partial charge in [-0.3, -0.25) is 9.36 Å². The van der Waals surface area contributed by atoms with Crippen molar-refractivity contribution in [3.8, 4) is 23.0 Å². The maximum atomic E-state index is 12.6. The minimum Gasteiger partial charge on any atom is -0.495 e. The van der Waals surface area contributed by atoms with Crippen molar-refractivity contribution in [2.45, 2.75) is 17.3 Å². The van der Waals surface area contributed by atoms with Crippen molar-refractivity contribution in [3.63, 3.8) is 0 Å². The van der Waals surface area contributed by atoms with E-state index < -0.39 is 0 Å². The number of carbonyl (C=O) groups is 1. The average molecular weight is 587 g/mol. The first-order chi connectivity index (χ1) is 18.5. The second-order valence-corrected chi connectivity index (χ2v) is 10.7. The van der Waals surface area contributed by atoms with Gasteiger partial charge in [0, 0.05) is 22.0 Å². The van der Waals surface area contributed by atoms with E-state index >= 15 is 0 Å². The van der Waals surface area contributed by atoms with Crippen molar-refractivity contribution in [2.75, 3.05) is 13.7 Å². The average Bonchev–Trinajstić information content (AvgIpc) is 3.69. The molecule has 0 aliphatic heterocycles. The van der Waals surface area contributed by atoms with Crippen LogP contribution in [0, 0.1) is 0 Å². The number of hydrogen-bond donors (Lipinski definition) is 1. The van der Waals surface area contributed by atoms with E-state index in [0.717, 1.165) is 16.3 Å². The van der Waals surface area contributed by atoms with Crippen molar-refractivity contribution in [2.24, 2.45) is 0 Å². The summed E-state index contributed by atoms with van der Waals surface area (Å²) in [5.41, 5.74) is 2.07. The molecule has 0 saturated carbocycles. The zero-order valence-electron chi connectivity index (χ0n) is 20.1. The van der Waals surface area contributed by atoms with Gasteiger partial charge in [0.25, 0.3) is 5.91 Å². The number of amides is 1. The zero-order valence-corrected chi connectivity index (χ0v) is 23.2. The number of thioether (sulfide) groups is 1. The largest absolute Gasteiger partial charge is 0.495 e. The molecular formula is C26H21Cl2N5O3S2. The number of furan rings is 1. The van der Waals surface area contributed by atoms with Crippen LogP contribution in [0.3, 0.4) is 0 Å². The molecule has 0 atom stereocenters. The van der Waals surface area contributed by atoms with E-state index in [4.69, 9.17) is 32.4 Å². The summed E-state index contributed by atoms with van der Waals surface area (Å²) >= 11 is 15.0. The number of nitrogens with zero attached hydrogens (tertiary/aromatic N) is 4. The highest BCUT2D eigenvalue weighted by atomic mass is 35.5. The maximum Gasteiger partial charge on any atom is 0.270 e. The lowest BCUT2D eigenvalue weighted by atomic mass is 10.1. The number of aromatic nitrogens is 4. The molecule has 0 fully saturated rings. The number of hydrogen-bond acceptors (Lipinski definition) is 8. The highest BCUT2D eigenvalue weighted by Gasteiger charge is 2.21. The molecule has 0 radical (unpaired) electrons. The summed E-state index contributed by atoms with van der Waals surface area (Å²) in [4.78, 5) is 17.1. The third-order valence-electron chi connectivity index (χ3n) is 5.51. The lowest BCUT2D eigenvalue weighted by molar-refractivity contribution is 0.0949. The fourth-order valence-electron chi connectivity index (χ4n) is 3.69. The molecule has 2 aromatic carbocycles. The molecule has 5 aromatic rings. The van der Waals surface area contributed by atoms with E-state index in [9.17, 15) is 4.79 Å². The van der Waals surface area contributed by atoms with Crippen LogP contribution >= 0.6 is 46.3 Å². The summed E-state index contributed by atoms with van der Waals surface area (Å²) in [7, 11) is 1.62. The van der Waals surface area contributed by atoms with Crippen LogP contribution in [0.2, 0.25) is 10.0 Å². The molecule has 1 N–H and O–H groups in total. The van der Waals surface area contributed by atoms with Crippen molar-refractivity contribution < 1.29 is 13.9 Å². The van der Waals surface area contributed by atoms with Crippen LogP contribution in [-0.2, 0) is 12.2 Å². The van der Waals surface area contributed by atoms with Crippen molar-refractivity contribution in [1.82, 2.24) is 25.1 Å². The van der Waals surface area contributed by atoms with Gasteiger partial charge in [-0.25, -0.2) is 4.98 Å². The third-order valence-corrected chi connectivity index (χ3v) is 8.06. The third kappa shape index (κ3) is 5.88. The molecule has 0 spiro atoms. The fraction of sp³-hybridized carbons (Fsp3) is 0.154. The van der Waals surface area contributed by atoms with E-state index in [1.807, 2.05) is 41.0 Å². The molecule has 194 valence electrons. The molecule has 1 amide bonds. The smallest absolute Gasteiger partial charge is 0.270 e. The van der Waals surface area contributed by atoms with E-state index in [1.165, 1.54) is 23.1 Å². The highest BCUT2D eigenvalue weighted by Crippen LogP contribution is 2.34. The van der Waals surface area contributed by atoms with Crippen LogP contribution in [0.4, 0.5) is 0 Å². The standard InChI is InChI=1S/C26H21Cl2N5O3S2/c1-35-21-6-3-2-5-20(21)33-24(22-7-4-12-36-22)31-32-26(33)38-15-23-30-19(14-37-23)25(34)29-11-10-16-8-9-17(27)13-18(16)28/h2-9,12-14H,10-11,15H2,1H3,(H,29,34). The predicted octanol–water partition coefficient (Wildman–Crippen LogP) is 6.56. The van der Waals surface area contributed by atoms with Gasteiger partial charge in [0.15, 0.2) is 10.9 Å². The van der Waals surface area contributed by atoms with Crippen LogP contribution < -0.4 is 10.1 Å². The number of para-hydroxylation sites is 2. The first-order valence-corrected chi connectivity index (χ1v) is 14.1. The van der Waals surface area contributed by atoms with Crippen LogP contribution in [-0.4, -0.2) is 39.3 Å². The van der Waals surface area contributed by atoms with Gasteiger partial charge in [0.1, 0.15) is 16.5 Å². The molecule has 8 nitrogen and oxygen atoms in total. The second-order valence-electron chi connectivity index (χ2n) is 7.95. The minimum absolute atomic E-state index is 0.236. The summed E-state index contributed by atoms with van der Waals surface area (Å²) in [6.45, 7) is 0.430. The van der Waals surface area contributed by atoms with Gasteiger partial charge in [-0.2, -0.15) is 0 Å². The number of carbonyl (C=O) groups excluding carboxylic acids is 1. The number of ether oxygens (including phenoxy) is 1. The topological polar surface area (TPSA) is 95.1 Å². The minimum atomic E-state index is -0.236. The zero-order chi connectivity index (χ0) is 26.5. The number of thiazole rings is 1. The Hall–Kier alpha value is -3.31. The fourth-order valence-corrected chi connectivity index (χ4v) is 5.93. The number of methoxy groups -OCH3 is 1. The molecule has 3 heterocycles. The number of rotatable bonds is 10. The summed E-state index contributed by atoms with van der Waals surface area (Å²) in [5, 5.41) is 16.0. The summed E-state index contributed by atoms with van der Waals surface area (Å²) in [6, 6.07) is 16.6. The Kier molecular flexibility index (Phi) is 8.33. The molecule has 3 aromatic heterocycles. The van der Waals surface area contributed by atoms with Gasteiger partial charge in [-0.15, -0.1) is 21.5 Å². The Balaban J connectivity index is 1.27. The van der Waals surface area contributed by atoms with E-state index in [-0.39, 0.29) is 5.91 Å². The van der Waals surface area contributed by atoms with Gasteiger partial charge in [-0.1, -0.05) is 53.2 Å². The Bertz CT molecular complexity index is 1550. The van der Waals surface area contributed by atoms with Crippen molar-refractivity contribution in [3.05, 3.63) is 92.6 Å². The van der Waals surface area contributed by atoms with Crippen LogP contribution in [0.1, 0.15) is 21.1 Å². The maximum absolute atomic E-state index is 12.6. The monoisotopic (exact) mass is 585 g/mol. The molecule has 0 saturated heterocycles. The Morgan fingerprint density at radius 3 is 2.82 bits per heavy atom. The highest BCUT2D eigenvalue weighted by molar-refractivity contribution is 7.98. The molecule has 0 bridgehead atoms. The lowest BCUT2D eigenvalue weighted by Crippen LogP contribution is -2.26. The molecular weight excluding hydrogens is 565 g/mol. The Labute approximate surface area is 237 Å². The SMILES string of the molecule is COc1ccccc1-n1c(SCc2nc(C(=O)NCCc3ccc(Cl)cc3Cl)cs2)nnc1-c1ccco1. The molecule has 12 heteroatoms. The van der Waals surface area contributed by atoms with E-state index in [0.29, 0.717) is 56.9 Å². The molecule has 0 aliphatic rings. The lowest BCUT2D eigenvalue weighted by Gasteiger charge is -2.12. The van der Waals surface area contributed by atoms with Crippen LogP contribution in [0.5, 0.6) is 5.75 Å². The van der Waals surface area contributed by atoms with Crippen molar-refractivity contribution in [1.29, 1.82) is 0 Å². The van der Waals surface area contributed by atoms with Crippen LogP contribution in [0.25, 0.3) is 17.3 Å². The summed E-state index contributed by atoms with van der Waals surface area (Å²) < 4.78 is 13.1. The van der Waals surface area contributed by atoms with Crippen LogP contribution in [0.15, 0.2) is 75.8 Å². The van der Waals surface area contributed by atoms with Gasteiger partial charge in [0.05, 0.1) is 24.8 Å². The first-order valence-electron chi connectivity index (χ1n) is 11.5. The normalized spacial score (nSPS) is 11.0. The first kappa shape index (κ1) is 26.3. The number of nitrogens with one attached hydrogen (secondary N) is 1.